The number of benzene rings is 2. The van der Waals surface area contributed by atoms with E-state index in [-0.39, 0.29) is 24.8 Å². The number of carbonyl (C=O) groups is 1. The third kappa shape index (κ3) is 5.41. The molecule has 10 nitrogen and oxygen atoms in total. The zero-order chi connectivity index (χ0) is 25.8. The fraction of sp³-hybridized carbons (Fsp3) is 0.231. The molecule has 0 aliphatic carbocycles. The molecule has 11 heteroatoms. The van der Waals surface area contributed by atoms with E-state index in [2.05, 4.69) is 15.4 Å². The molecule has 2 aromatic heterocycles. The zero-order valence-corrected chi connectivity index (χ0v) is 21.0. The number of nitrogens with one attached hydrogen (secondary N) is 1. The second kappa shape index (κ2) is 10.7. The molecule has 37 heavy (non-hydrogen) atoms. The summed E-state index contributed by atoms with van der Waals surface area (Å²) < 4.78 is 22.5. The summed E-state index contributed by atoms with van der Waals surface area (Å²) in [5, 5.41) is 9.99. The molecule has 0 atom stereocenters. The van der Waals surface area contributed by atoms with Crippen molar-refractivity contribution < 1.29 is 23.7 Å². The standard InChI is InChI=1S/C26H24N4O6S/c1-33-20-6-4-17(12-22(20)34-2)26-28-18(14-37-26)9-10-27-24(31)13-30-25(32)8-5-19(29-30)16-3-7-21-23(11-16)36-15-35-21/h3-8,11-12,14H,9-10,13,15H2,1-2H3,(H,27,31). The molecule has 0 radical (unpaired) electrons. The predicted molar refractivity (Wildman–Crippen MR) is 137 cm³/mol. The molecule has 0 spiro atoms. The van der Waals surface area contributed by atoms with Crippen molar-refractivity contribution in [3.8, 4) is 44.8 Å². The normalized spacial score (nSPS) is 11.8. The van der Waals surface area contributed by atoms with Crippen LogP contribution < -0.4 is 29.8 Å². The van der Waals surface area contributed by atoms with Crippen molar-refractivity contribution in [3.05, 3.63) is 70.0 Å². The highest BCUT2D eigenvalue weighted by atomic mass is 32.1. The molecule has 0 saturated carbocycles. The van der Waals surface area contributed by atoms with E-state index in [1.807, 2.05) is 29.6 Å². The lowest BCUT2D eigenvalue weighted by molar-refractivity contribution is -0.121. The van der Waals surface area contributed by atoms with Crippen LogP contribution in [0.25, 0.3) is 21.8 Å². The van der Waals surface area contributed by atoms with Crippen LogP contribution in [0.4, 0.5) is 0 Å². The van der Waals surface area contributed by atoms with Crippen LogP contribution in [0.5, 0.6) is 23.0 Å². The summed E-state index contributed by atoms with van der Waals surface area (Å²) >= 11 is 1.51. The van der Waals surface area contributed by atoms with Crippen LogP contribution in [-0.2, 0) is 17.8 Å². The van der Waals surface area contributed by atoms with E-state index in [0.717, 1.165) is 26.5 Å². The molecule has 0 bridgehead atoms. The molecule has 1 aliphatic rings. The van der Waals surface area contributed by atoms with E-state index >= 15 is 0 Å². The average Bonchev–Trinajstić information content (AvgIpc) is 3.59. The molecule has 4 aromatic rings. The second-order valence-corrected chi connectivity index (χ2v) is 8.95. The molecule has 1 aliphatic heterocycles. The number of amides is 1. The van der Waals surface area contributed by atoms with Gasteiger partial charge in [-0.05, 0) is 42.5 Å². The van der Waals surface area contributed by atoms with Gasteiger partial charge in [0.25, 0.3) is 5.56 Å². The Morgan fingerprint density at radius 2 is 1.84 bits per heavy atom. The van der Waals surface area contributed by atoms with Crippen molar-refractivity contribution in [1.82, 2.24) is 20.1 Å². The topological polar surface area (TPSA) is 114 Å². The van der Waals surface area contributed by atoms with Crippen LogP contribution in [0.2, 0.25) is 0 Å². The number of fused-ring (bicyclic) bond motifs is 1. The summed E-state index contributed by atoms with van der Waals surface area (Å²) in [4.78, 5) is 29.5. The molecule has 5 rings (SSSR count). The Kier molecular flexibility index (Phi) is 7.04. The van der Waals surface area contributed by atoms with Crippen LogP contribution >= 0.6 is 11.3 Å². The molecule has 190 valence electrons. The van der Waals surface area contributed by atoms with E-state index in [1.54, 1.807) is 32.4 Å². The van der Waals surface area contributed by atoms with Gasteiger partial charge in [0.1, 0.15) is 11.6 Å². The van der Waals surface area contributed by atoms with Crippen LogP contribution in [0, 0.1) is 0 Å². The van der Waals surface area contributed by atoms with Gasteiger partial charge in [0.2, 0.25) is 12.7 Å². The monoisotopic (exact) mass is 520 g/mol. The summed E-state index contributed by atoms with van der Waals surface area (Å²) in [5.74, 6) is 2.25. The molecule has 3 heterocycles. The van der Waals surface area contributed by atoms with Crippen molar-refractivity contribution in [2.24, 2.45) is 0 Å². The highest BCUT2D eigenvalue weighted by Gasteiger charge is 2.15. The summed E-state index contributed by atoms with van der Waals surface area (Å²) in [6.07, 6.45) is 0.551. The van der Waals surface area contributed by atoms with Crippen molar-refractivity contribution >= 4 is 17.2 Å². The number of hydrogen-bond acceptors (Lipinski definition) is 9. The molecular weight excluding hydrogens is 496 g/mol. The van der Waals surface area contributed by atoms with Crippen LogP contribution in [-0.4, -0.2) is 48.2 Å². The number of carbonyl (C=O) groups excluding carboxylic acids is 1. The van der Waals surface area contributed by atoms with E-state index in [4.69, 9.17) is 18.9 Å². The molecule has 0 saturated heterocycles. The SMILES string of the molecule is COc1ccc(-c2nc(CCNC(=O)Cn3nc(-c4ccc5c(c4)OCO5)ccc3=O)cs2)cc1OC. The minimum Gasteiger partial charge on any atom is -0.493 e. The third-order valence-corrected chi connectivity index (χ3v) is 6.65. The molecule has 0 unspecified atom stereocenters. The lowest BCUT2D eigenvalue weighted by Crippen LogP contribution is -2.34. The van der Waals surface area contributed by atoms with E-state index in [0.29, 0.717) is 41.7 Å². The number of hydrogen-bond donors (Lipinski definition) is 1. The number of rotatable bonds is 9. The van der Waals surface area contributed by atoms with Gasteiger partial charge >= 0.3 is 0 Å². The Bertz CT molecular complexity index is 1500. The highest BCUT2D eigenvalue weighted by molar-refractivity contribution is 7.13. The highest BCUT2D eigenvalue weighted by Crippen LogP contribution is 2.35. The first-order chi connectivity index (χ1) is 18.0. The quantitative estimate of drug-likeness (QED) is 0.358. The lowest BCUT2D eigenvalue weighted by atomic mass is 10.1. The zero-order valence-electron chi connectivity index (χ0n) is 20.2. The summed E-state index contributed by atoms with van der Waals surface area (Å²) in [7, 11) is 3.19. The van der Waals surface area contributed by atoms with Crippen molar-refractivity contribution in [2.75, 3.05) is 27.6 Å². The fourth-order valence-corrected chi connectivity index (χ4v) is 4.67. The molecule has 1 N–H and O–H groups in total. The smallest absolute Gasteiger partial charge is 0.267 e. The molecule has 2 aromatic carbocycles. The minimum absolute atomic E-state index is 0.171. The number of ether oxygens (including phenoxy) is 4. The average molecular weight is 521 g/mol. The first-order valence-electron chi connectivity index (χ1n) is 11.5. The van der Waals surface area contributed by atoms with Gasteiger partial charge in [0.15, 0.2) is 23.0 Å². The van der Waals surface area contributed by atoms with E-state index in [1.165, 1.54) is 17.4 Å². The van der Waals surface area contributed by atoms with E-state index in [9.17, 15) is 9.59 Å². The predicted octanol–water partition coefficient (Wildman–Crippen LogP) is 3.14. The lowest BCUT2D eigenvalue weighted by Gasteiger charge is -2.08. The first-order valence-corrected chi connectivity index (χ1v) is 12.3. The molecule has 1 amide bonds. The van der Waals surface area contributed by atoms with Crippen LogP contribution in [0.1, 0.15) is 5.69 Å². The number of nitrogens with zero attached hydrogens (tertiary/aromatic N) is 3. The van der Waals surface area contributed by atoms with Gasteiger partial charge in [-0.1, -0.05) is 0 Å². The third-order valence-electron chi connectivity index (χ3n) is 5.71. The maximum absolute atomic E-state index is 12.5. The van der Waals surface area contributed by atoms with Crippen molar-refractivity contribution in [3.63, 3.8) is 0 Å². The van der Waals surface area contributed by atoms with Gasteiger partial charge in [-0.3, -0.25) is 9.59 Å². The largest absolute Gasteiger partial charge is 0.493 e. The Morgan fingerprint density at radius 3 is 2.68 bits per heavy atom. The molecule has 0 fully saturated rings. The number of thiazole rings is 1. The van der Waals surface area contributed by atoms with Gasteiger partial charge in [0.05, 0.1) is 25.6 Å². The first kappa shape index (κ1) is 24.3. The number of aromatic nitrogens is 3. The van der Waals surface area contributed by atoms with Gasteiger partial charge < -0.3 is 24.3 Å². The van der Waals surface area contributed by atoms with Gasteiger partial charge in [-0.2, -0.15) is 5.10 Å². The second-order valence-electron chi connectivity index (χ2n) is 8.10. The van der Waals surface area contributed by atoms with Gasteiger partial charge in [0, 0.05) is 35.5 Å². The Balaban J connectivity index is 1.18. The summed E-state index contributed by atoms with van der Waals surface area (Å²) in [5.41, 5.74) is 2.72. The Morgan fingerprint density at radius 1 is 1.03 bits per heavy atom. The van der Waals surface area contributed by atoms with Crippen LogP contribution in [0.3, 0.4) is 0 Å². The maximum atomic E-state index is 12.5. The van der Waals surface area contributed by atoms with Crippen molar-refractivity contribution in [2.45, 2.75) is 13.0 Å². The Labute approximate surface area is 216 Å². The van der Waals surface area contributed by atoms with Gasteiger partial charge in [-0.25, -0.2) is 9.67 Å². The number of methoxy groups -OCH3 is 2. The summed E-state index contributed by atoms with van der Waals surface area (Å²) in [6.45, 7) is 0.361. The maximum Gasteiger partial charge on any atom is 0.267 e. The minimum atomic E-state index is -0.362. The fourth-order valence-electron chi connectivity index (χ4n) is 3.82. The van der Waals surface area contributed by atoms with Crippen LogP contribution in [0.15, 0.2) is 58.7 Å². The van der Waals surface area contributed by atoms with Crippen molar-refractivity contribution in [1.29, 1.82) is 0 Å². The Hall–Kier alpha value is -4.38. The summed E-state index contributed by atoms with van der Waals surface area (Å²) in [6, 6.07) is 14.1. The van der Waals surface area contributed by atoms with Gasteiger partial charge in [-0.15, -0.1) is 11.3 Å². The van der Waals surface area contributed by atoms with E-state index < -0.39 is 0 Å². The molecular formula is C26H24N4O6S.